The van der Waals surface area contributed by atoms with Crippen LogP contribution in [-0.4, -0.2) is 26.6 Å². The molecule has 0 saturated carbocycles. The minimum absolute atomic E-state index is 0.186. The van der Waals surface area contributed by atoms with Gasteiger partial charge < -0.3 is 4.52 Å². The van der Waals surface area contributed by atoms with Crippen LogP contribution < -0.4 is 0 Å². The van der Waals surface area contributed by atoms with Crippen molar-refractivity contribution in [2.24, 2.45) is 0 Å². The zero-order valence-corrected chi connectivity index (χ0v) is 14.4. The Morgan fingerprint density at radius 3 is 2.92 bits per heavy atom. The molecule has 1 unspecified atom stereocenters. The lowest BCUT2D eigenvalue weighted by Gasteiger charge is -2.33. The molecule has 1 aliphatic rings. The van der Waals surface area contributed by atoms with E-state index in [-0.39, 0.29) is 6.04 Å². The van der Waals surface area contributed by atoms with E-state index in [0.29, 0.717) is 11.7 Å². The Balaban J connectivity index is 1.57. The van der Waals surface area contributed by atoms with Gasteiger partial charge in [0.1, 0.15) is 0 Å². The van der Waals surface area contributed by atoms with E-state index in [1.54, 1.807) is 12.4 Å². The molecule has 2 aromatic heterocycles. The molecule has 1 saturated heterocycles. The Bertz CT molecular complexity index is 830. The number of benzene rings is 1. The molecule has 0 aliphatic carbocycles. The molecule has 5 nitrogen and oxygen atoms in total. The molecule has 3 heterocycles. The average Bonchev–Trinajstić information content (AvgIpc) is 3.15. The minimum atomic E-state index is 0.186. The third kappa shape index (κ3) is 3.46. The fourth-order valence-electron chi connectivity index (χ4n) is 3.45. The van der Waals surface area contributed by atoms with Crippen LogP contribution in [0.4, 0.5) is 0 Å². The van der Waals surface area contributed by atoms with Gasteiger partial charge in [-0.3, -0.25) is 9.88 Å². The van der Waals surface area contributed by atoms with Crippen LogP contribution in [0.2, 0.25) is 0 Å². The van der Waals surface area contributed by atoms with E-state index in [2.05, 4.69) is 51.2 Å². The summed E-state index contributed by atoms with van der Waals surface area (Å²) in [6.45, 7) is 4.15. The fraction of sp³-hybridized carbons (Fsp3) is 0.350. The van der Waals surface area contributed by atoms with Crippen molar-refractivity contribution < 1.29 is 4.52 Å². The van der Waals surface area contributed by atoms with Crippen LogP contribution in [0.1, 0.15) is 42.3 Å². The molecular weight excluding hydrogens is 312 g/mol. The summed E-state index contributed by atoms with van der Waals surface area (Å²) in [4.78, 5) is 11.3. The van der Waals surface area contributed by atoms with E-state index in [4.69, 9.17) is 4.52 Å². The Morgan fingerprint density at radius 2 is 2.08 bits per heavy atom. The maximum atomic E-state index is 5.63. The van der Waals surface area contributed by atoms with Gasteiger partial charge in [-0.1, -0.05) is 35.8 Å². The van der Waals surface area contributed by atoms with E-state index in [0.717, 1.165) is 25.1 Å². The SMILES string of the molecule is Cc1ccccc1CN1CCCCC1c1nc(-c2cccnc2)no1. The highest BCUT2D eigenvalue weighted by Gasteiger charge is 2.29. The molecule has 1 fully saturated rings. The van der Waals surface area contributed by atoms with Crippen molar-refractivity contribution in [3.8, 4) is 11.4 Å². The molecule has 5 heteroatoms. The van der Waals surface area contributed by atoms with Crippen LogP contribution in [0.5, 0.6) is 0 Å². The number of likely N-dealkylation sites (tertiary alicyclic amines) is 1. The van der Waals surface area contributed by atoms with E-state index in [1.165, 1.54) is 24.0 Å². The first kappa shape index (κ1) is 16.0. The molecule has 0 spiro atoms. The van der Waals surface area contributed by atoms with Crippen LogP contribution in [0.3, 0.4) is 0 Å². The number of aryl methyl sites for hydroxylation is 1. The summed E-state index contributed by atoms with van der Waals surface area (Å²) in [6, 6.07) is 12.6. The number of piperidine rings is 1. The number of aromatic nitrogens is 3. The lowest BCUT2D eigenvalue weighted by molar-refractivity contribution is 0.111. The number of hydrogen-bond donors (Lipinski definition) is 0. The third-order valence-electron chi connectivity index (χ3n) is 4.89. The van der Waals surface area contributed by atoms with Gasteiger partial charge >= 0.3 is 0 Å². The molecule has 1 aromatic carbocycles. The average molecular weight is 334 g/mol. The lowest BCUT2D eigenvalue weighted by Crippen LogP contribution is -2.33. The second-order valence-corrected chi connectivity index (χ2v) is 6.61. The topological polar surface area (TPSA) is 55.1 Å². The highest BCUT2D eigenvalue weighted by Crippen LogP contribution is 2.32. The van der Waals surface area contributed by atoms with Crippen molar-refractivity contribution in [3.63, 3.8) is 0 Å². The van der Waals surface area contributed by atoms with E-state index in [9.17, 15) is 0 Å². The molecule has 0 bridgehead atoms. The van der Waals surface area contributed by atoms with Gasteiger partial charge in [0.15, 0.2) is 0 Å². The van der Waals surface area contributed by atoms with Crippen molar-refractivity contribution in [2.45, 2.75) is 38.8 Å². The molecule has 1 aliphatic heterocycles. The molecule has 1 atom stereocenters. The minimum Gasteiger partial charge on any atom is -0.337 e. The van der Waals surface area contributed by atoms with Gasteiger partial charge in [-0.25, -0.2) is 0 Å². The van der Waals surface area contributed by atoms with Gasteiger partial charge in [0, 0.05) is 24.5 Å². The molecule has 4 rings (SSSR count). The van der Waals surface area contributed by atoms with Crippen molar-refractivity contribution in [1.82, 2.24) is 20.0 Å². The van der Waals surface area contributed by atoms with Crippen molar-refractivity contribution in [2.75, 3.05) is 6.54 Å². The van der Waals surface area contributed by atoms with Crippen molar-refractivity contribution in [3.05, 3.63) is 65.8 Å². The highest BCUT2D eigenvalue weighted by molar-refractivity contribution is 5.51. The predicted octanol–water partition coefficient (Wildman–Crippen LogP) is 4.17. The quantitative estimate of drug-likeness (QED) is 0.717. The second-order valence-electron chi connectivity index (χ2n) is 6.61. The van der Waals surface area contributed by atoms with Gasteiger partial charge in [-0.05, 0) is 49.6 Å². The maximum absolute atomic E-state index is 5.63. The first-order chi connectivity index (χ1) is 12.3. The predicted molar refractivity (Wildman–Crippen MR) is 95.7 cm³/mol. The van der Waals surface area contributed by atoms with Crippen LogP contribution in [0.25, 0.3) is 11.4 Å². The van der Waals surface area contributed by atoms with Crippen LogP contribution in [0.15, 0.2) is 53.3 Å². The zero-order chi connectivity index (χ0) is 17.1. The molecule has 25 heavy (non-hydrogen) atoms. The first-order valence-corrected chi connectivity index (χ1v) is 8.84. The number of rotatable bonds is 4. The molecular formula is C20H22N4O. The number of nitrogens with zero attached hydrogens (tertiary/aromatic N) is 4. The van der Waals surface area contributed by atoms with Crippen LogP contribution in [-0.2, 0) is 6.54 Å². The number of pyridine rings is 1. The third-order valence-corrected chi connectivity index (χ3v) is 4.89. The summed E-state index contributed by atoms with van der Waals surface area (Å²) in [5.41, 5.74) is 3.58. The van der Waals surface area contributed by atoms with E-state index in [1.807, 2.05) is 12.1 Å². The van der Waals surface area contributed by atoms with Gasteiger partial charge in [0.2, 0.25) is 11.7 Å². The second kappa shape index (κ2) is 7.15. The van der Waals surface area contributed by atoms with Crippen molar-refractivity contribution in [1.29, 1.82) is 0 Å². The summed E-state index contributed by atoms with van der Waals surface area (Å²) in [6.07, 6.45) is 6.97. The zero-order valence-electron chi connectivity index (χ0n) is 14.4. The Morgan fingerprint density at radius 1 is 1.16 bits per heavy atom. The summed E-state index contributed by atoms with van der Waals surface area (Å²) in [5.74, 6) is 1.33. The summed E-state index contributed by atoms with van der Waals surface area (Å²) >= 11 is 0. The standard InChI is InChI=1S/C20H22N4O/c1-15-7-2-3-8-17(15)14-24-12-5-4-10-18(24)20-22-19(23-25-20)16-9-6-11-21-13-16/h2-3,6-9,11,13,18H,4-5,10,12,14H2,1H3. The molecule has 0 amide bonds. The van der Waals surface area contributed by atoms with Gasteiger partial charge in [-0.2, -0.15) is 4.98 Å². The van der Waals surface area contributed by atoms with Gasteiger partial charge in [0.25, 0.3) is 0 Å². The van der Waals surface area contributed by atoms with Crippen LogP contribution in [0, 0.1) is 6.92 Å². The monoisotopic (exact) mass is 334 g/mol. The Labute approximate surface area is 147 Å². The van der Waals surface area contributed by atoms with Gasteiger partial charge in [0.05, 0.1) is 6.04 Å². The maximum Gasteiger partial charge on any atom is 0.244 e. The molecule has 3 aromatic rings. The lowest BCUT2D eigenvalue weighted by atomic mass is 10.00. The molecule has 0 radical (unpaired) electrons. The Hall–Kier alpha value is -2.53. The van der Waals surface area contributed by atoms with Crippen LogP contribution >= 0.6 is 0 Å². The molecule has 128 valence electrons. The van der Waals surface area contributed by atoms with Gasteiger partial charge in [-0.15, -0.1) is 0 Å². The highest BCUT2D eigenvalue weighted by atomic mass is 16.5. The smallest absolute Gasteiger partial charge is 0.244 e. The number of hydrogen-bond acceptors (Lipinski definition) is 5. The Kier molecular flexibility index (Phi) is 4.57. The normalized spacial score (nSPS) is 18.4. The fourth-order valence-corrected chi connectivity index (χ4v) is 3.45. The molecule has 0 N–H and O–H groups in total. The largest absolute Gasteiger partial charge is 0.337 e. The summed E-state index contributed by atoms with van der Waals surface area (Å²) in [7, 11) is 0. The van der Waals surface area contributed by atoms with Crippen molar-refractivity contribution >= 4 is 0 Å². The summed E-state index contributed by atoms with van der Waals surface area (Å²) < 4.78 is 5.63. The summed E-state index contributed by atoms with van der Waals surface area (Å²) in [5, 5.41) is 4.17. The first-order valence-electron chi connectivity index (χ1n) is 8.84. The van der Waals surface area contributed by atoms with E-state index < -0.39 is 0 Å². The van der Waals surface area contributed by atoms with E-state index >= 15 is 0 Å².